The van der Waals surface area contributed by atoms with E-state index in [9.17, 15) is 14.7 Å². The Morgan fingerprint density at radius 2 is 1.95 bits per heavy atom. The summed E-state index contributed by atoms with van der Waals surface area (Å²) >= 11 is 0. The molecule has 39 heavy (non-hydrogen) atoms. The van der Waals surface area contributed by atoms with Crippen LogP contribution in [0.1, 0.15) is 55.7 Å². The van der Waals surface area contributed by atoms with E-state index in [4.69, 9.17) is 9.47 Å². The molecule has 2 aromatic carbocycles. The molecule has 206 valence electrons. The van der Waals surface area contributed by atoms with Crippen molar-refractivity contribution in [2.75, 3.05) is 13.1 Å². The van der Waals surface area contributed by atoms with Gasteiger partial charge in [-0.2, -0.15) is 0 Å². The van der Waals surface area contributed by atoms with Gasteiger partial charge in [0.15, 0.2) is 11.5 Å². The van der Waals surface area contributed by atoms with Gasteiger partial charge in [-0.05, 0) is 74.3 Å². The average molecular weight is 551 g/mol. The Balaban J connectivity index is 0.00000277. The van der Waals surface area contributed by atoms with Crippen LogP contribution in [0.5, 0.6) is 11.5 Å². The average Bonchev–Trinajstić information content (AvgIpc) is 3.64. The molecule has 2 aliphatic heterocycles. The lowest BCUT2D eigenvalue weighted by Crippen LogP contribution is -2.79. The number of benzene rings is 2. The second-order valence-electron chi connectivity index (χ2n) is 11.7. The van der Waals surface area contributed by atoms with Crippen molar-refractivity contribution in [3.05, 3.63) is 65.2 Å². The van der Waals surface area contributed by atoms with E-state index < -0.39 is 17.1 Å². The summed E-state index contributed by atoms with van der Waals surface area (Å²) in [6.45, 7) is 3.41. The van der Waals surface area contributed by atoms with Gasteiger partial charge in [-0.25, -0.2) is 0 Å². The minimum absolute atomic E-state index is 0. The molecule has 1 amide bonds. The van der Waals surface area contributed by atoms with Crippen molar-refractivity contribution in [3.8, 4) is 11.5 Å². The van der Waals surface area contributed by atoms with Crippen LogP contribution < -0.4 is 10.1 Å². The van der Waals surface area contributed by atoms with E-state index in [2.05, 4.69) is 10.2 Å². The summed E-state index contributed by atoms with van der Waals surface area (Å²) in [7, 11) is 0. The zero-order chi connectivity index (χ0) is 26.1. The van der Waals surface area contributed by atoms with Crippen LogP contribution in [-0.4, -0.2) is 58.8 Å². The lowest BCUT2D eigenvalue weighted by molar-refractivity contribution is -0.219. The van der Waals surface area contributed by atoms with Gasteiger partial charge in [-0.3, -0.25) is 14.5 Å². The van der Waals surface area contributed by atoms with Crippen LogP contribution in [0.25, 0.3) is 6.08 Å². The van der Waals surface area contributed by atoms with Crippen molar-refractivity contribution in [1.82, 2.24) is 10.2 Å². The molecule has 2 saturated carbocycles. The van der Waals surface area contributed by atoms with Crippen molar-refractivity contribution in [2.24, 2.45) is 5.92 Å². The fourth-order valence-corrected chi connectivity index (χ4v) is 8.03. The molecule has 1 saturated heterocycles. The first-order valence-electron chi connectivity index (χ1n) is 13.9. The normalized spacial score (nSPS) is 32.1. The summed E-state index contributed by atoms with van der Waals surface area (Å²) in [5.41, 5.74) is 1.72. The number of piperidine rings is 1. The number of nitrogens with zero attached hydrogens (tertiary/aromatic N) is 1. The van der Waals surface area contributed by atoms with Gasteiger partial charge in [0.25, 0.3) is 0 Å². The summed E-state index contributed by atoms with van der Waals surface area (Å²) in [4.78, 5) is 28.3. The highest BCUT2D eigenvalue weighted by atomic mass is 35.5. The minimum atomic E-state index is -0.760. The van der Waals surface area contributed by atoms with Crippen LogP contribution in [0.2, 0.25) is 0 Å². The molecule has 2 bridgehead atoms. The molecule has 5 aliphatic rings. The number of nitrogens with one attached hydrogen (secondary N) is 1. The molecular formula is C31H35ClN2O5. The highest BCUT2D eigenvalue weighted by Gasteiger charge is 2.75. The molecule has 0 radical (unpaired) electrons. The lowest BCUT2D eigenvalue weighted by Gasteiger charge is -2.65. The summed E-state index contributed by atoms with van der Waals surface area (Å²) in [6, 6.07) is 13.2. The summed E-state index contributed by atoms with van der Waals surface area (Å²) in [5.74, 6) is 0.860. The molecule has 3 fully saturated rings. The van der Waals surface area contributed by atoms with Gasteiger partial charge in [0.1, 0.15) is 11.7 Å². The number of carbonyl (C=O) groups excluding carboxylic acids is 2. The molecule has 0 aromatic heterocycles. The number of aromatic hydroxyl groups is 1. The number of rotatable bonds is 6. The quantitative estimate of drug-likeness (QED) is 0.415. The zero-order valence-electron chi connectivity index (χ0n) is 22.1. The lowest BCUT2D eigenvalue weighted by atomic mass is 9.48. The fourth-order valence-electron chi connectivity index (χ4n) is 8.03. The van der Waals surface area contributed by atoms with E-state index in [1.165, 1.54) is 19.8 Å². The molecule has 0 unspecified atom stereocenters. The maximum atomic E-state index is 13.1. The van der Waals surface area contributed by atoms with E-state index in [0.29, 0.717) is 18.6 Å². The third-order valence-electron chi connectivity index (χ3n) is 9.60. The Morgan fingerprint density at radius 1 is 1.15 bits per heavy atom. The van der Waals surface area contributed by atoms with Crippen LogP contribution in [-0.2, 0) is 26.2 Å². The molecule has 2 aromatic rings. The van der Waals surface area contributed by atoms with Gasteiger partial charge < -0.3 is 19.9 Å². The Labute approximate surface area is 235 Å². The Bertz CT molecular complexity index is 1330. The van der Waals surface area contributed by atoms with E-state index in [0.717, 1.165) is 48.5 Å². The Hall–Kier alpha value is -3.03. The molecule has 1 spiro atoms. The SMILES string of the molecule is CC(=O)O[C@@]12CC[C@@H](NC(=O)/C=C/c3ccccc3)[C@@H]3Oc4c(O)ccc5c4[C@@]31CCN(CC1CC1)[C@@H]2C5.Cl. The second kappa shape index (κ2) is 9.56. The van der Waals surface area contributed by atoms with Crippen LogP contribution in [0.15, 0.2) is 48.5 Å². The van der Waals surface area contributed by atoms with Crippen molar-refractivity contribution < 1.29 is 24.2 Å². The van der Waals surface area contributed by atoms with Crippen molar-refractivity contribution in [1.29, 1.82) is 0 Å². The number of halogens is 1. The third-order valence-corrected chi connectivity index (χ3v) is 9.60. The first-order valence-corrected chi connectivity index (χ1v) is 13.9. The first kappa shape index (κ1) is 26.2. The maximum absolute atomic E-state index is 13.1. The van der Waals surface area contributed by atoms with Gasteiger partial charge in [0.05, 0.1) is 17.5 Å². The summed E-state index contributed by atoms with van der Waals surface area (Å²) < 4.78 is 13.1. The molecule has 7 nitrogen and oxygen atoms in total. The van der Waals surface area contributed by atoms with Crippen molar-refractivity contribution in [3.63, 3.8) is 0 Å². The highest BCUT2D eigenvalue weighted by Crippen LogP contribution is 2.66. The standard InChI is InChI=1S/C31H34N2O5.ClH/c1-19(34)38-31-14-13-23(32-26(36)12-9-20-5-3-2-4-6-20)29-30(31)15-16-33(18-21-7-8-21)25(31)17-22-10-11-24(35)28(37-29)27(22)30;/h2-6,9-12,21,23,25,29,35H,7-8,13-18H2,1H3,(H,32,36);1H/b12-9+;/t23-,25-,29+,30+,31-;/m1./s1. The third kappa shape index (κ3) is 3.96. The molecule has 2 heterocycles. The Kier molecular flexibility index (Phi) is 6.42. The number of ether oxygens (including phenoxy) is 2. The van der Waals surface area contributed by atoms with E-state index >= 15 is 0 Å². The number of phenolic OH excluding ortho intramolecular Hbond substituents is 1. The summed E-state index contributed by atoms with van der Waals surface area (Å²) in [6.07, 6.45) is 8.25. The molecule has 8 heteroatoms. The van der Waals surface area contributed by atoms with Crippen LogP contribution >= 0.6 is 12.4 Å². The van der Waals surface area contributed by atoms with E-state index in [-0.39, 0.29) is 42.1 Å². The number of phenols is 1. The largest absolute Gasteiger partial charge is 0.504 e. The monoisotopic (exact) mass is 550 g/mol. The van der Waals surface area contributed by atoms with Gasteiger partial charge in [-0.15, -0.1) is 12.4 Å². The maximum Gasteiger partial charge on any atom is 0.303 e. The van der Waals surface area contributed by atoms with E-state index in [1.807, 2.05) is 36.4 Å². The van der Waals surface area contributed by atoms with Crippen molar-refractivity contribution in [2.45, 2.75) is 74.7 Å². The van der Waals surface area contributed by atoms with Gasteiger partial charge in [0, 0.05) is 25.1 Å². The molecular weight excluding hydrogens is 516 g/mol. The number of hydrogen-bond donors (Lipinski definition) is 2. The smallest absolute Gasteiger partial charge is 0.303 e. The molecule has 5 atom stereocenters. The fraction of sp³-hybridized carbons (Fsp3) is 0.484. The number of amides is 1. The number of esters is 1. The van der Waals surface area contributed by atoms with E-state index in [1.54, 1.807) is 18.2 Å². The summed E-state index contributed by atoms with van der Waals surface area (Å²) in [5, 5.41) is 14.1. The Morgan fingerprint density at radius 3 is 2.69 bits per heavy atom. The molecule has 7 rings (SSSR count). The topological polar surface area (TPSA) is 88.1 Å². The van der Waals surface area contributed by atoms with Gasteiger partial charge >= 0.3 is 5.97 Å². The number of likely N-dealkylation sites (tertiary alicyclic amines) is 1. The first-order chi connectivity index (χ1) is 18.4. The van der Waals surface area contributed by atoms with Gasteiger partial charge in [-0.1, -0.05) is 36.4 Å². The zero-order valence-corrected chi connectivity index (χ0v) is 22.9. The number of carbonyl (C=O) groups is 2. The van der Waals surface area contributed by atoms with Crippen LogP contribution in [0, 0.1) is 5.92 Å². The molecule has 3 aliphatic carbocycles. The van der Waals surface area contributed by atoms with Crippen LogP contribution in [0.4, 0.5) is 0 Å². The highest BCUT2D eigenvalue weighted by molar-refractivity contribution is 5.92. The van der Waals surface area contributed by atoms with Gasteiger partial charge in [0.2, 0.25) is 5.91 Å². The number of hydrogen-bond acceptors (Lipinski definition) is 6. The second-order valence-corrected chi connectivity index (χ2v) is 11.7. The predicted octanol–water partition coefficient (Wildman–Crippen LogP) is 4.15. The molecule has 2 N–H and O–H groups in total. The minimum Gasteiger partial charge on any atom is -0.504 e. The van der Waals surface area contributed by atoms with Crippen molar-refractivity contribution >= 4 is 30.4 Å². The predicted molar refractivity (Wildman–Crippen MR) is 149 cm³/mol. The van der Waals surface area contributed by atoms with Crippen LogP contribution in [0.3, 0.4) is 0 Å².